The number of benzene rings is 1. The van der Waals surface area contributed by atoms with Gasteiger partial charge in [0, 0.05) is 12.6 Å². The van der Waals surface area contributed by atoms with Gasteiger partial charge in [0.2, 0.25) is 5.91 Å². The third-order valence-electron chi connectivity index (χ3n) is 3.89. The van der Waals surface area contributed by atoms with Crippen LogP contribution in [0.5, 0.6) is 0 Å². The van der Waals surface area contributed by atoms with Crippen LogP contribution in [0.4, 0.5) is 5.69 Å². The number of Topliss-reactive ketones (excluding diaryl/α,β-unsaturated/α-hetero) is 1. The summed E-state index contributed by atoms with van der Waals surface area (Å²) in [5.74, 6) is -0.194. The third-order valence-corrected chi connectivity index (χ3v) is 3.89. The maximum absolute atomic E-state index is 12.5. The maximum atomic E-state index is 12.5. The molecule has 0 aliphatic carbocycles. The van der Waals surface area contributed by atoms with Gasteiger partial charge in [-0.25, -0.2) is 0 Å². The molecule has 0 N–H and O–H groups in total. The Hall–Kier alpha value is -1.64. The summed E-state index contributed by atoms with van der Waals surface area (Å²) in [4.78, 5) is 26.4. The second-order valence-electron chi connectivity index (χ2n) is 5.07. The number of ketones is 1. The number of hydrogen-bond donors (Lipinski definition) is 0. The average molecular weight is 231 g/mol. The molecule has 0 saturated heterocycles. The van der Waals surface area contributed by atoms with Crippen LogP contribution in [0.1, 0.15) is 31.1 Å². The molecule has 17 heavy (non-hydrogen) atoms. The molecule has 1 aromatic rings. The fourth-order valence-corrected chi connectivity index (χ4v) is 2.30. The smallest absolute Gasteiger partial charge is 0.240 e. The van der Waals surface area contributed by atoms with Gasteiger partial charge >= 0.3 is 0 Å². The van der Waals surface area contributed by atoms with Gasteiger partial charge in [0.15, 0.2) is 5.78 Å². The summed E-state index contributed by atoms with van der Waals surface area (Å²) in [5, 5.41) is 0. The van der Waals surface area contributed by atoms with E-state index in [1.54, 1.807) is 24.9 Å². The number of carbonyl (C=O) groups is 2. The molecule has 2 rings (SSSR count). The van der Waals surface area contributed by atoms with Gasteiger partial charge in [0.25, 0.3) is 0 Å². The van der Waals surface area contributed by atoms with Gasteiger partial charge in [-0.2, -0.15) is 0 Å². The first-order valence-corrected chi connectivity index (χ1v) is 5.82. The number of carbonyl (C=O) groups excluding carboxylic acids is 2. The molecule has 1 aliphatic heterocycles. The number of hydrogen-bond acceptors (Lipinski definition) is 2. The van der Waals surface area contributed by atoms with Gasteiger partial charge in [-0.05, 0) is 25.0 Å². The molecule has 0 radical (unpaired) electrons. The lowest BCUT2D eigenvalue weighted by Gasteiger charge is -2.39. The van der Waals surface area contributed by atoms with Gasteiger partial charge in [-0.15, -0.1) is 0 Å². The minimum atomic E-state index is -0.941. The standard InChI is InChI=1S/C14H17NO2/c1-9(2)14(3)12(16)10-7-5-6-8-11(10)15(4)13(14)17/h5-9H,1-4H3. The highest BCUT2D eigenvalue weighted by atomic mass is 16.2. The molecule has 3 heteroatoms. The van der Waals surface area contributed by atoms with Gasteiger partial charge in [0.1, 0.15) is 5.41 Å². The van der Waals surface area contributed by atoms with Crippen molar-refractivity contribution in [2.24, 2.45) is 11.3 Å². The summed E-state index contributed by atoms with van der Waals surface area (Å²) in [7, 11) is 1.73. The minimum absolute atomic E-state index is 0.0155. The normalized spacial score (nSPS) is 24.2. The van der Waals surface area contributed by atoms with E-state index in [1.807, 2.05) is 32.0 Å². The molecular weight excluding hydrogens is 214 g/mol. The Balaban J connectivity index is 2.67. The first-order chi connectivity index (χ1) is 7.90. The number of para-hydroxylation sites is 1. The number of rotatable bonds is 1. The van der Waals surface area contributed by atoms with Crippen LogP contribution in [0.15, 0.2) is 24.3 Å². The molecule has 3 nitrogen and oxygen atoms in total. The van der Waals surface area contributed by atoms with Gasteiger partial charge < -0.3 is 4.90 Å². The zero-order valence-corrected chi connectivity index (χ0v) is 10.7. The summed E-state index contributed by atoms with van der Waals surface area (Å²) in [6.45, 7) is 5.57. The monoisotopic (exact) mass is 231 g/mol. The van der Waals surface area contributed by atoms with Crippen molar-refractivity contribution >= 4 is 17.4 Å². The highest BCUT2D eigenvalue weighted by Crippen LogP contribution is 2.41. The Kier molecular flexibility index (Phi) is 2.57. The van der Waals surface area contributed by atoms with Crippen molar-refractivity contribution in [1.82, 2.24) is 0 Å². The van der Waals surface area contributed by atoms with E-state index in [9.17, 15) is 9.59 Å². The van der Waals surface area contributed by atoms with Crippen molar-refractivity contribution in [3.63, 3.8) is 0 Å². The van der Waals surface area contributed by atoms with E-state index in [-0.39, 0.29) is 17.6 Å². The van der Waals surface area contributed by atoms with Crippen molar-refractivity contribution in [1.29, 1.82) is 0 Å². The Morgan fingerprint density at radius 2 is 1.76 bits per heavy atom. The summed E-state index contributed by atoms with van der Waals surface area (Å²) in [6.07, 6.45) is 0. The van der Waals surface area contributed by atoms with Crippen LogP contribution in [-0.2, 0) is 4.79 Å². The van der Waals surface area contributed by atoms with Crippen molar-refractivity contribution in [3.05, 3.63) is 29.8 Å². The minimum Gasteiger partial charge on any atom is -0.314 e. The number of anilines is 1. The van der Waals surface area contributed by atoms with Crippen LogP contribution in [0.25, 0.3) is 0 Å². The molecule has 1 atom stereocenters. The molecule has 1 aromatic carbocycles. The lowest BCUT2D eigenvalue weighted by atomic mass is 9.70. The summed E-state index contributed by atoms with van der Waals surface area (Å²) in [6, 6.07) is 7.28. The molecule has 0 spiro atoms. The highest BCUT2D eigenvalue weighted by molar-refractivity contribution is 6.24. The SMILES string of the molecule is CC(C)C1(C)C(=O)c2ccccc2N(C)C1=O. The van der Waals surface area contributed by atoms with Crippen molar-refractivity contribution < 1.29 is 9.59 Å². The van der Waals surface area contributed by atoms with Crippen molar-refractivity contribution in [2.45, 2.75) is 20.8 Å². The van der Waals surface area contributed by atoms with Crippen LogP contribution >= 0.6 is 0 Å². The topological polar surface area (TPSA) is 37.4 Å². The molecular formula is C14H17NO2. The zero-order valence-electron chi connectivity index (χ0n) is 10.7. The number of amides is 1. The van der Waals surface area contributed by atoms with Crippen LogP contribution in [0.2, 0.25) is 0 Å². The molecule has 1 amide bonds. The largest absolute Gasteiger partial charge is 0.314 e. The molecule has 90 valence electrons. The van der Waals surface area contributed by atoms with Gasteiger partial charge in [0.05, 0.1) is 5.69 Å². The molecule has 1 unspecified atom stereocenters. The van der Waals surface area contributed by atoms with Crippen LogP contribution < -0.4 is 4.90 Å². The van der Waals surface area contributed by atoms with Crippen LogP contribution in [0, 0.1) is 11.3 Å². The van der Waals surface area contributed by atoms with Crippen molar-refractivity contribution in [3.8, 4) is 0 Å². The van der Waals surface area contributed by atoms with Crippen molar-refractivity contribution in [2.75, 3.05) is 11.9 Å². The van der Waals surface area contributed by atoms with Crippen LogP contribution in [0.3, 0.4) is 0 Å². The van der Waals surface area contributed by atoms with E-state index < -0.39 is 5.41 Å². The second kappa shape index (κ2) is 3.69. The number of nitrogens with zero attached hydrogens (tertiary/aromatic N) is 1. The van der Waals surface area contributed by atoms with Gasteiger partial charge in [-0.1, -0.05) is 26.0 Å². The highest BCUT2D eigenvalue weighted by Gasteiger charge is 2.50. The molecule has 0 saturated carbocycles. The Morgan fingerprint density at radius 1 is 1.18 bits per heavy atom. The van der Waals surface area contributed by atoms with Gasteiger partial charge in [-0.3, -0.25) is 9.59 Å². The Morgan fingerprint density at radius 3 is 2.35 bits per heavy atom. The summed E-state index contributed by atoms with van der Waals surface area (Å²) >= 11 is 0. The molecule has 1 aliphatic rings. The quantitative estimate of drug-likeness (QED) is 0.696. The average Bonchev–Trinajstić information content (AvgIpc) is 2.33. The van der Waals surface area contributed by atoms with E-state index in [0.717, 1.165) is 0 Å². The Labute approximate surface area is 101 Å². The second-order valence-corrected chi connectivity index (χ2v) is 5.07. The van der Waals surface area contributed by atoms with E-state index in [0.29, 0.717) is 11.3 Å². The summed E-state index contributed by atoms with van der Waals surface area (Å²) < 4.78 is 0. The van der Waals surface area contributed by atoms with E-state index in [4.69, 9.17) is 0 Å². The Bertz CT molecular complexity index is 493. The molecule has 0 bridgehead atoms. The van der Waals surface area contributed by atoms with E-state index in [1.165, 1.54) is 0 Å². The zero-order chi connectivity index (χ0) is 12.8. The predicted octanol–water partition coefficient (Wildman–Crippen LogP) is 2.51. The lowest BCUT2D eigenvalue weighted by Crippen LogP contribution is -2.52. The maximum Gasteiger partial charge on any atom is 0.240 e. The van der Waals surface area contributed by atoms with E-state index in [2.05, 4.69) is 0 Å². The fraction of sp³-hybridized carbons (Fsp3) is 0.429. The first-order valence-electron chi connectivity index (χ1n) is 5.82. The van der Waals surface area contributed by atoms with Crippen LogP contribution in [-0.4, -0.2) is 18.7 Å². The molecule has 0 aromatic heterocycles. The molecule has 1 heterocycles. The lowest BCUT2D eigenvalue weighted by molar-refractivity contribution is -0.127. The third kappa shape index (κ3) is 1.42. The first kappa shape index (κ1) is 11.8. The fourth-order valence-electron chi connectivity index (χ4n) is 2.30. The molecule has 0 fully saturated rings. The number of fused-ring (bicyclic) bond motifs is 1. The van der Waals surface area contributed by atoms with E-state index >= 15 is 0 Å². The predicted molar refractivity (Wildman–Crippen MR) is 67.1 cm³/mol. The summed E-state index contributed by atoms with van der Waals surface area (Å²) in [5.41, 5.74) is 0.412.